The lowest BCUT2D eigenvalue weighted by atomic mass is 9.96. The summed E-state index contributed by atoms with van der Waals surface area (Å²) in [5.41, 5.74) is 1.97. The number of carbonyl (C=O) groups is 1. The molecule has 0 aliphatic carbocycles. The van der Waals surface area contributed by atoms with E-state index in [2.05, 4.69) is 0 Å². The van der Waals surface area contributed by atoms with Crippen molar-refractivity contribution in [3.8, 4) is 0 Å². The van der Waals surface area contributed by atoms with E-state index >= 15 is 0 Å². The second kappa shape index (κ2) is 8.23. The van der Waals surface area contributed by atoms with Crippen LogP contribution in [0.5, 0.6) is 0 Å². The maximum absolute atomic E-state index is 12.8. The Bertz CT molecular complexity index is 871. The zero-order chi connectivity index (χ0) is 19.4. The van der Waals surface area contributed by atoms with Gasteiger partial charge in [-0.05, 0) is 49.1 Å². The predicted octanol–water partition coefficient (Wildman–Crippen LogP) is 3.31. The second-order valence-corrected chi connectivity index (χ2v) is 8.85. The predicted molar refractivity (Wildman–Crippen MR) is 107 cm³/mol. The van der Waals surface area contributed by atoms with E-state index in [1.165, 1.54) is 4.31 Å². The van der Waals surface area contributed by atoms with Gasteiger partial charge in [0.2, 0.25) is 15.9 Å². The molecule has 1 fully saturated rings. The number of hydrogen-bond acceptors (Lipinski definition) is 3. The Kier molecular flexibility index (Phi) is 5.97. The van der Waals surface area contributed by atoms with Crippen LogP contribution in [0.4, 0.5) is 5.69 Å². The van der Waals surface area contributed by atoms with Crippen LogP contribution in [0.1, 0.15) is 25.3 Å². The molecule has 0 saturated carbocycles. The third-order valence-electron chi connectivity index (χ3n) is 5.25. The lowest BCUT2D eigenvalue weighted by molar-refractivity contribution is -0.123. The molecule has 1 saturated heterocycles. The number of piperidine rings is 1. The van der Waals surface area contributed by atoms with E-state index in [0.717, 1.165) is 17.7 Å². The molecular weight excluding hydrogens is 360 g/mol. The molecule has 1 aliphatic rings. The SMILES string of the molecule is CCc1ccc(S(=O)(=O)N2CCC(C(=O)N(C)c3ccccc3)CC2)cc1. The summed E-state index contributed by atoms with van der Waals surface area (Å²) in [6.07, 6.45) is 1.97. The molecule has 27 heavy (non-hydrogen) atoms. The third-order valence-corrected chi connectivity index (χ3v) is 7.16. The molecule has 1 heterocycles. The molecule has 0 N–H and O–H groups in total. The van der Waals surface area contributed by atoms with Crippen molar-refractivity contribution in [2.75, 3.05) is 25.0 Å². The number of rotatable bonds is 5. The number of hydrogen-bond donors (Lipinski definition) is 0. The van der Waals surface area contributed by atoms with Gasteiger partial charge in [0.05, 0.1) is 4.90 Å². The van der Waals surface area contributed by atoms with E-state index in [4.69, 9.17) is 0 Å². The fourth-order valence-electron chi connectivity index (χ4n) is 3.44. The van der Waals surface area contributed by atoms with Crippen LogP contribution in [0.3, 0.4) is 0 Å². The van der Waals surface area contributed by atoms with Gasteiger partial charge in [-0.2, -0.15) is 4.31 Å². The molecule has 2 aromatic carbocycles. The minimum atomic E-state index is -3.50. The first-order chi connectivity index (χ1) is 12.9. The monoisotopic (exact) mass is 386 g/mol. The summed E-state index contributed by atoms with van der Waals surface area (Å²) in [6, 6.07) is 16.6. The average Bonchev–Trinajstić information content (AvgIpc) is 2.73. The molecule has 2 aromatic rings. The third kappa shape index (κ3) is 4.22. The van der Waals surface area contributed by atoms with Gasteiger partial charge in [-0.1, -0.05) is 37.3 Å². The number of sulfonamides is 1. The van der Waals surface area contributed by atoms with Crippen LogP contribution in [0.25, 0.3) is 0 Å². The maximum atomic E-state index is 12.8. The van der Waals surface area contributed by atoms with Crippen molar-refractivity contribution in [1.82, 2.24) is 4.31 Å². The molecule has 0 bridgehead atoms. The maximum Gasteiger partial charge on any atom is 0.243 e. The van der Waals surface area contributed by atoms with E-state index < -0.39 is 10.0 Å². The summed E-state index contributed by atoms with van der Waals surface area (Å²) in [4.78, 5) is 14.7. The van der Waals surface area contributed by atoms with Gasteiger partial charge in [-0.25, -0.2) is 8.42 Å². The Labute approximate surface area is 161 Å². The lowest BCUT2D eigenvalue weighted by Crippen LogP contribution is -2.43. The standard InChI is InChI=1S/C21H26N2O3S/c1-3-17-9-11-20(12-10-17)27(25,26)23-15-13-18(14-16-23)21(24)22(2)19-7-5-4-6-8-19/h4-12,18H,3,13-16H2,1-2H3. The summed E-state index contributed by atoms with van der Waals surface area (Å²) in [5.74, 6) is -0.102. The first kappa shape index (κ1) is 19.6. The molecule has 0 atom stereocenters. The Morgan fingerprint density at radius 1 is 1.04 bits per heavy atom. The minimum absolute atomic E-state index is 0.0468. The Hall–Kier alpha value is -2.18. The minimum Gasteiger partial charge on any atom is -0.315 e. The van der Waals surface area contributed by atoms with Crippen molar-refractivity contribution < 1.29 is 13.2 Å². The van der Waals surface area contributed by atoms with Gasteiger partial charge >= 0.3 is 0 Å². The molecular formula is C21H26N2O3S. The van der Waals surface area contributed by atoms with Gasteiger partial charge in [-0.3, -0.25) is 4.79 Å². The van der Waals surface area contributed by atoms with E-state index in [1.54, 1.807) is 24.1 Å². The molecule has 144 valence electrons. The Morgan fingerprint density at radius 2 is 1.63 bits per heavy atom. The van der Waals surface area contributed by atoms with E-state index in [0.29, 0.717) is 30.8 Å². The van der Waals surface area contributed by atoms with Crippen LogP contribution >= 0.6 is 0 Å². The van der Waals surface area contributed by atoms with Crippen LogP contribution in [-0.4, -0.2) is 38.8 Å². The van der Waals surface area contributed by atoms with Gasteiger partial charge in [0.25, 0.3) is 0 Å². The Balaban J connectivity index is 1.64. The van der Waals surface area contributed by atoms with Gasteiger partial charge in [0, 0.05) is 31.7 Å². The van der Waals surface area contributed by atoms with Crippen LogP contribution in [0.2, 0.25) is 0 Å². The largest absolute Gasteiger partial charge is 0.315 e. The van der Waals surface area contributed by atoms with Crippen LogP contribution in [0.15, 0.2) is 59.5 Å². The van der Waals surface area contributed by atoms with Crippen LogP contribution in [0, 0.1) is 5.92 Å². The molecule has 1 aliphatic heterocycles. The van der Waals surface area contributed by atoms with E-state index in [-0.39, 0.29) is 11.8 Å². The number of aryl methyl sites for hydroxylation is 1. The molecule has 0 unspecified atom stereocenters. The number of amides is 1. The molecule has 3 rings (SSSR count). The highest BCUT2D eigenvalue weighted by Gasteiger charge is 2.33. The first-order valence-corrected chi connectivity index (χ1v) is 10.8. The molecule has 6 heteroatoms. The highest BCUT2D eigenvalue weighted by atomic mass is 32.2. The average molecular weight is 387 g/mol. The smallest absolute Gasteiger partial charge is 0.243 e. The number of nitrogens with zero attached hydrogens (tertiary/aromatic N) is 2. The Morgan fingerprint density at radius 3 is 2.19 bits per heavy atom. The highest BCUT2D eigenvalue weighted by Crippen LogP contribution is 2.26. The zero-order valence-electron chi connectivity index (χ0n) is 15.8. The molecule has 0 radical (unpaired) electrons. The van der Waals surface area contributed by atoms with Crippen molar-refractivity contribution in [3.05, 3.63) is 60.2 Å². The summed E-state index contributed by atoms with van der Waals surface area (Å²) in [6.45, 7) is 2.78. The normalized spacial score (nSPS) is 16.2. The van der Waals surface area contributed by atoms with Crippen molar-refractivity contribution in [1.29, 1.82) is 0 Å². The molecule has 5 nitrogen and oxygen atoms in total. The van der Waals surface area contributed by atoms with Gasteiger partial charge in [0.15, 0.2) is 0 Å². The quantitative estimate of drug-likeness (QED) is 0.792. The van der Waals surface area contributed by atoms with Crippen molar-refractivity contribution in [2.24, 2.45) is 5.92 Å². The number of anilines is 1. The van der Waals surface area contributed by atoms with E-state index in [1.807, 2.05) is 49.4 Å². The van der Waals surface area contributed by atoms with Crippen molar-refractivity contribution >= 4 is 21.6 Å². The lowest BCUT2D eigenvalue weighted by Gasteiger charge is -2.32. The fraction of sp³-hybridized carbons (Fsp3) is 0.381. The molecule has 0 spiro atoms. The number of para-hydroxylation sites is 1. The van der Waals surface area contributed by atoms with Crippen molar-refractivity contribution in [3.63, 3.8) is 0 Å². The van der Waals surface area contributed by atoms with Crippen LogP contribution < -0.4 is 4.90 Å². The van der Waals surface area contributed by atoms with E-state index in [9.17, 15) is 13.2 Å². The number of carbonyl (C=O) groups excluding carboxylic acids is 1. The summed E-state index contributed by atoms with van der Waals surface area (Å²) in [7, 11) is -1.73. The zero-order valence-corrected chi connectivity index (χ0v) is 16.7. The van der Waals surface area contributed by atoms with Gasteiger partial charge in [-0.15, -0.1) is 0 Å². The summed E-state index contributed by atoms with van der Waals surface area (Å²) in [5, 5.41) is 0. The van der Waals surface area contributed by atoms with Crippen LogP contribution in [-0.2, 0) is 21.2 Å². The highest BCUT2D eigenvalue weighted by molar-refractivity contribution is 7.89. The van der Waals surface area contributed by atoms with Gasteiger partial charge < -0.3 is 4.90 Å². The topological polar surface area (TPSA) is 57.7 Å². The first-order valence-electron chi connectivity index (χ1n) is 9.35. The summed E-state index contributed by atoms with van der Waals surface area (Å²) < 4.78 is 27.2. The van der Waals surface area contributed by atoms with Crippen molar-refractivity contribution in [2.45, 2.75) is 31.1 Å². The molecule has 0 aromatic heterocycles. The second-order valence-electron chi connectivity index (χ2n) is 6.91. The fourth-order valence-corrected chi connectivity index (χ4v) is 4.91. The summed E-state index contributed by atoms with van der Waals surface area (Å²) >= 11 is 0. The number of benzene rings is 2. The molecule has 1 amide bonds. The van der Waals surface area contributed by atoms with Gasteiger partial charge in [0.1, 0.15) is 0 Å².